The van der Waals surface area contributed by atoms with Gasteiger partial charge in [0.15, 0.2) is 4.34 Å². The third-order valence-corrected chi connectivity index (χ3v) is 4.73. The molecule has 1 heterocycles. The molecule has 8 heteroatoms. The van der Waals surface area contributed by atoms with Crippen molar-refractivity contribution in [3.05, 3.63) is 34.9 Å². The Kier molecular flexibility index (Phi) is 5.22. The Morgan fingerprint density at radius 2 is 2.25 bits per heavy atom. The first kappa shape index (κ1) is 15.1. The van der Waals surface area contributed by atoms with E-state index in [9.17, 15) is 4.79 Å². The van der Waals surface area contributed by atoms with Gasteiger partial charge in [0.2, 0.25) is 11.0 Å². The molecule has 3 N–H and O–H groups in total. The Hall–Kier alpha value is -1.31. The molecule has 0 unspecified atom stereocenters. The van der Waals surface area contributed by atoms with Gasteiger partial charge in [-0.3, -0.25) is 4.79 Å². The first-order valence-electron chi connectivity index (χ1n) is 5.82. The molecule has 0 saturated heterocycles. The number of nitrogens with zero attached hydrogens (tertiary/aromatic N) is 2. The first-order valence-corrected chi connectivity index (χ1v) is 8.00. The van der Waals surface area contributed by atoms with Crippen LogP contribution in [0.15, 0.2) is 28.6 Å². The Bertz CT molecular complexity index is 605. The zero-order valence-corrected chi connectivity index (χ0v) is 13.1. The molecule has 1 aromatic heterocycles. The SMILES string of the molecule is C[C@@H](NC(=O)CSc1nnc(N)s1)c1ccccc1Cl. The van der Waals surface area contributed by atoms with Gasteiger partial charge in [-0.15, -0.1) is 10.2 Å². The van der Waals surface area contributed by atoms with E-state index in [0.717, 1.165) is 5.56 Å². The summed E-state index contributed by atoms with van der Waals surface area (Å²) in [4.78, 5) is 11.9. The van der Waals surface area contributed by atoms with Crippen molar-refractivity contribution < 1.29 is 4.79 Å². The van der Waals surface area contributed by atoms with Gasteiger partial charge in [-0.2, -0.15) is 0 Å². The van der Waals surface area contributed by atoms with E-state index in [1.807, 2.05) is 25.1 Å². The minimum atomic E-state index is -0.142. The first-order chi connectivity index (χ1) is 9.56. The van der Waals surface area contributed by atoms with Crippen LogP contribution in [0.4, 0.5) is 5.13 Å². The fourth-order valence-corrected chi connectivity index (χ4v) is 3.34. The molecular weight excluding hydrogens is 316 g/mol. The molecule has 0 radical (unpaired) electrons. The topological polar surface area (TPSA) is 80.9 Å². The number of hydrogen-bond acceptors (Lipinski definition) is 6. The maximum absolute atomic E-state index is 11.9. The number of hydrogen-bond donors (Lipinski definition) is 2. The van der Waals surface area contributed by atoms with Crippen molar-refractivity contribution in [2.75, 3.05) is 11.5 Å². The van der Waals surface area contributed by atoms with Gasteiger partial charge >= 0.3 is 0 Å². The molecule has 0 spiro atoms. The predicted molar refractivity (Wildman–Crippen MR) is 83.1 cm³/mol. The van der Waals surface area contributed by atoms with Crippen LogP contribution in [0.3, 0.4) is 0 Å². The number of nitrogens with two attached hydrogens (primary N) is 1. The van der Waals surface area contributed by atoms with E-state index in [-0.39, 0.29) is 17.7 Å². The van der Waals surface area contributed by atoms with Crippen molar-refractivity contribution in [2.45, 2.75) is 17.3 Å². The lowest BCUT2D eigenvalue weighted by molar-refractivity contribution is -0.119. The lowest BCUT2D eigenvalue weighted by Gasteiger charge is -2.15. The highest BCUT2D eigenvalue weighted by atomic mass is 35.5. The van der Waals surface area contributed by atoms with Crippen molar-refractivity contribution in [1.82, 2.24) is 15.5 Å². The maximum Gasteiger partial charge on any atom is 0.230 e. The summed E-state index contributed by atoms with van der Waals surface area (Å²) in [6.07, 6.45) is 0. The van der Waals surface area contributed by atoms with Crippen molar-refractivity contribution in [2.24, 2.45) is 0 Å². The van der Waals surface area contributed by atoms with E-state index < -0.39 is 0 Å². The summed E-state index contributed by atoms with van der Waals surface area (Å²) in [5.74, 6) is 0.180. The van der Waals surface area contributed by atoms with E-state index in [1.165, 1.54) is 23.1 Å². The van der Waals surface area contributed by atoms with E-state index in [0.29, 0.717) is 14.5 Å². The van der Waals surface area contributed by atoms with Crippen LogP contribution in [0.5, 0.6) is 0 Å². The minimum Gasteiger partial charge on any atom is -0.374 e. The Morgan fingerprint density at radius 1 is 1.50 bits per heavy atom. The molecule has 0 aliphatic rings. The number of nitrogens with one attached hydrogen (secondary N) is 1. The summed E-state index contributed by atoms with van der Waals surface area (Å²) in [6, 6.07) is 7.31. The maximum atomic E-state index is 11.9. The molecule has 0 saturated carbocycles. The van der Waals surface area contributed by atoms with Crippen LogP contribution in [0.1, 0.15) is 18.5 Å². The molecule has 0 bridgehead atoms. The van der Waals surface area contributed by atoms with Crippen molar-refractivity contribution in [3.63, 3.8) is 0 Å². The number of thioether (sulfide) groups is 1. The number of nitrogen functional groups attached to an aromatic ring is 1. The number of benzene rings is 1. The van der Waals surface area contributed by atoms with Crippen molar-refractivity contribution in [1.29, 1.82) is 0 Å². The summed E-state index contributed by atoms with van der Waals surface area (Å²) in [5.41, 5.74) is 6.37. The van der Waals surface area contributed by atoms with Gasteiger partial charge in [-0.05, 0) is 18.6 Å². The second-order valence-corrected chi connectivity index (χ2v) is 6.64. The summed E-state index contributed by atoms with van der Waals surface area (Å²) in [5, 5.41) is 11.5. The summed E-state index contributed by atoms with van der Waals surface area (Å²) in [6.45, 7) is 1.90. The number of anilines is 1. The second kappa shape index (κ2) is 6.92. The van der Waals surface area contributed by atoms with Gasteiger partial charge in [-0.25, -0.2) is 0 Å². The number of carbonyl (C=O) groups excluding carboxylic acids is 1. The highest BCUT2D eigenvalue weighted by Crippen LogP contribution is 2.24. The molecule has 1 atom stereocenters. The molecule has 1 aromatic carbocycles. The van der Waals surface area contributed by atoms with Crippen LogP contribution in [0.2, 0.25) is 5.02 Å². The third kappa shape index (κ3) is 4.09. The Morgan fingerprint density at radius 3 is 2.90 bits per heavy atom. The van der Waals surface area contributed by atoms with Gasteiger partial charge in [0.05, 0.1) is 11.8 Å². The number of rotatable bonds is 5. The van der Waals surface area contributed by atoms with Crippen LogP contribution >= 0.6 is 34.7 Å². The quantitative estimate of drug-likeness (QED) is 0.825. The normalized spacial score (nSPS) is 12.1. The molecule has 0 fully saturated rings. The number of carbonyl (C=O) groups is 1. The minimum absolute atomic E-state index is 0.0869. The molecule has 0 aliphatic heterocycles. The smallest absolute Gasteiger partial charge is 0.230 e. The Labute approximate surface area is 129 Å². The van der Waals surface area contributed by atoms with E-state index in [1.54, 1.807) is 6.07 Å². The zero-order chi connectivity index (χ0) is 14.5. The van der Waals surface area contributed by atoms with E-state index in [2.05, 4.69) is 15.5 Å². The van der Waals surface area contributed by atoms with Gasteiger partial charge in [0, 0.05) is 5.02 Å². The van der Waals surface area contributed by atoms with Gasteiger partial charge in [0.1, 0.15) is 0 Å². The standard InChI is InChI=1S/C12H13ClN4OS2/c1-7(8-4-2-3-5-9(8)13)15-10(18)6-19-12-17-16-11(14)20-12/h2-5,7H,6H2,1H3,(H2,14,16)(H,15,18)/t7-/m1/s1. The molecule has 5 nitrogen and oxygen atoms in total. The van der Waals surface area contributed by atoms with E-state index in [4.69, 9.17) is 17.3 Å². The van der Waals surface area contributed by atoms with Crippen LogP contribution in [0.25, 0.3) is 0 Å². The fraction of sp³-hybridized carbons (Fsp3) is 0.250. The van der Waals surface area contributed by atoms with Crippen LogP contribution in [-0.4, -0.2) is 21.9 Å². The van der Waals surface area contributed by atoms with Crippen LogP contribution in [-0.2, 0) is 4.79 Å². The lowest BCUT2D eigenvalue weighted by atomic mass is 10.1. The van der Waals surface area contributed by atoms with Gasteiger partial charge in [0.25, 0.3) is 0 Å². The Balaban J connectivity index is 1.87. The molecule has 2 rings (SSSR count). The lowest BCUT2D eigenvalue weighted by Crippen LogP contribution is -2.28. The summed E-state index contributed by atoms with van der Waals surface area (Å²) < 4.78 is 0.683. The fourth-order valence-electron chi connectivity index (χ4n) is 1.59. The molecule has 1 amide bonds. The van der Waals surface area contributed by atoms with Crippen LogP contribution in [0, 0.1) is 0 Å². The van der Waals surface area contributed by atoms with Gasteiger partial charge < -0.3 is 11.1 Å². The van der Waals surface area contributed by atoms with Gasteiger partial charge in [-0.1, -0.05) is 52.9 Å². The number of amides is 1. The third-order valence-electron chi connectivity index (χ3n) is 2.50. The molecule has 2 aromatic rings. The summed E-state index contributed by atoms with van der Waals surface area (Å²) in [7, 11) is 0. The largest absolute Gasteiger partial charge is 0.374 e. The number of halogens is 1. The van der Waals surface area contributed by atoms with Crippen LogP contribution < -0.4 is 11.1 Å². The van der Waals surface area contributed by atoms with Crippen molar-refractivity contribution >= 4 is 45.7 Å². The molecule has 106 valence electrons. The average molecular weight is 329 g/mol. The van der Waals surface area contributed by atoms with E-state index >= 15 is 0 Å². The second-order valence-electron chi connectivity index (χ2n) is 4.01. The predicted octanol–water partition coefficient (Wildman–Crippen LogP) is 2.74. The molecule has 0 aliphatic carbocycles. The highest BCUT2D eigenvalue weighted by Gasteiger charge is 2.13. The zero-order valence-electron chi connectivity index (χ0n) is 10.7. The monoisotopic (exact) mass is 328 g/mol. The molecular formula is C12H13ClN4OS2. The summed E-state index contributed by atoms with van der Waals surface area (Å²) >= 11 is 8.67. The molecule has 20 heavy (non-hydrogen) atoms. The highest BCUT2D eigenvalue weighted by molar-refractivity contribution is 8.01. The van der Waals surface area contributed by atoms with Crippen molar-refractivity contribution in [3.8, 4) is 0 Å². The average Bonchev–Trinajstić information content (AvgIpc) is 2.82. The number of aromatic nitrogens is 2.